The number of hydrogen-bond acceptors (Lipinski definition) is 2. The van der Waals surface area contributed by atoms with Crippen LogP contribution in [0, 0.1) is 0 Å². The SMILES string of the molecule is CCC(N)CNc1ccc(Cl)cc1. The van der Waals surface area contributed by atoms with Gasteiger partial charge in [0.2, 0.25) is 0 Å². The van der Waals surface area contributed by atoms with Gasteiger partial charge in [-0.1, -0.05) is 18.5 Å². The quantitative estimate of drug-likeness (QED) is 0.780. The summed E-state index contributed by atoms with van der Waals surface area (Å²) in [6.07, 6.45) is 0.987. The van der Waals surface area contributed by atoms with E-state index in [1.807, 2.05) is 24.3 Å². The lowest BCUT2D eigenvalue weighted by molar-refractivity contribution is 0.679. The Morgan fingerprint density at radius 3 is 2.54 bits per heavy atom. The van der Waals surface area contributed by atoms with E-state index in [0.717, 1.165) is 23.7 Å². The van der Waals surface area contributed by atoms with Gasteiger partial charge in [-0.2, -0.15) is 0 Å². The molecule has 0 aliphatic heterocycles. The van der Waals surface area contributed by atoms with E-state index in [-0.39, 0.29) is 6.04 Å². The molecule has 1 atom stereocenters. The zero-order valence-corrected chi connectivity index (χ0v) is 8.51. The Morgan fingerprint density at radius 2 is 2.00 bits per heavy atom. The van der Waals surface area contributed by atoms with Gasteiger partial charge in [0.05, 0.1) is 0 Å². The molecule has 0 saturated heterocycles. The van der Waals surface area contributed by atoms with Crippen molar-refractivity contribution in [2.24, 2.45) is 5.73 Å². The van der Waals surface area contributed by atoms with Gasteiger partial charge in [0.25, 0.3) is 0 Å². The minimum absolute atomic E-state index is 0.218. The Morgan fingerprint density at radius 1 is 1.38 bits per heavy atom. The molecule has 0 saturated carbocycles. The number of nitrogens with one attached hydrogen (secondary N) is 1. The number of nitrogens with two attached hydrogens (primary N) is 1. The maximum absolute atomic E-state index is 5.76. The Kier molecular flexibility index (Phi) is 4.06. The van der Waals surface area contributed by atoms with E-state index in [0.29, 0.717) is 0 Å². The van der Waals surface area contributed by atoms with Crippen LogP contribution in [-0.4, -0.2) is 12.6 Å². The molecule has 0 heterocycles. The predicted molar refractivity (Wildman–Crippen MR) is 58.2 cm³/mol. The third kappa shape index (κ3) is 3.66. The van der Waals surface area contributed by atoms with Crippen molar-refractivity contribution in [3.05, 3.63) is 29.3 Å². The van der Waals surface area contributed by atoms with E-state index < -0.39 is 0 Å². The Hall–Kier alpha value is -0.730. The summed E-state index contributed by atoms with van der Waals surface area (Å²) in [5.41, 5.74) is 6.83. The molecule has 2 nitrogen and oxygen atoms in total. The highest BCUT2D eigenvalue weighted by Crippen LogP contribution is 2.13. The van der Waals surface area contributed by atoms with E-state index in [2.05, 4.69) is 12.2 Å². The number of rotatable bonds is 4. The van der Waals surface area contributed by atoms with Crippen LogP contribution in [0.15, 0.2) is 24.3 Å². The van der Waals surface area contributed by atoms with Crippen molar-refractivity contribution in [2.45, 2.75) is 19.4 Å². The van der Waals surface area contributed by atoms with Crippen LogP contribution in [0.3, 0.4) is 0 Å². The molecule has 1 rings (SSSR count). The first-order valence-electron chi connectivity index (χ1n) is 4.47. The van der Waals surface area contributed by atoms with Crippen molar-refractivity contribution in [1.82, 2.24) is 0 Å². The maximum Gasteiger partial charge on any atom is 0.0407 e. The van der Waals surface area contributed by atoms with Crippen LogP contribution in [-0.2, 0) is 0 Å². The van der Waals surface area contributed by atoms with Crippen molar-refractivity contribution in [1.29, 1.82) is 0 Å². The lowest BCUT2D eigenvalue weighted by atomic mass is 10.2. The predicted octanol–water partition coefficient (Wildman–Crippen LogP) is 2.49. The fourth-order valence-corrected chi connectivity index (χ4v) is 1.09. The van der Waals surface area contributed by atoms with Gasteiger partial charge in [0, 0.05) is 23.3 Å². The first kappa shape index (κ1) is 10.4. The highest BCUT2D eigenvalue weighted by atomic mass is 35.5. The second kappa shape index (κ2) is 5.10. The van der Waals surface area contributed by atoms with Gasteiger partial charge < -0.3 is 11.1 Å². The summed E-state index contributed by atoms with van der Waals surface area (Å²) in [7, 11) is 0. The van der Waals surface area contributed by atoms with Gasteiger partial charge in [0.1, 0.15) is 0 Å². The van der Waals surface area contributed by atoms with E-state index >= 15 is 0 Å². The van der Waals surface area contributed by atoms with Crippen LogP contribution in [0.4, 0.5) is 5.69 Å². The lowest BCUT2D eigenvalue weighted by Gasteiger charge is -2.11. The summed E-state index contributed by atoms with van der Waals surface area (Å²) >= 11 is 5.75. The second-order valence-corrected chi connectivity index (χ2v) is 3.49. The van der Waals surface area contributed by atoms with Crippen LogP contribution in [0.5, 0.6) is 0 Å². The van der Waals surface area contributed by atoms with Gasteiger partial charge in [-0.05, 0) is 30.7 Å². The molecular weight excluding hydrogens is 184 g/mol. The summed E-state index contributed by atoms with van der Waals surface area (Å²) in [6.45, 7) is 2.88. The summed E-state index contributed by atoms with van der Waals surface area (Å²) < 4.78 is 0. The van der Waals surface area contributed by atoms with Crippen LogP contribution in [0.1, 0.15) is 13.3 Å². The number of benzene rings is 1. The number of anilines is 1. The normalized spacial score (nSPS) is 12.5. The highest BCUT2D eigenvalue weighted by Gasteiger charge is 1.97. The summed E-state index contributed by atoms with van der Waals surface area (Å²) in [4.78, 5) is 0. The summed E-state index contributed by atoms with van der Waals surface area (Å²) in [6, 6.07) is 7.84. The fraction of sp³-hybridized carbons (Fsp3) is 0.400. The van der Waals surface area contributed by atoms with E-state index in [1.165, 1.54) is 0 Å². The molecule has 0 aromatic heterocycles. The lowest BCUT2D eigenvalue weighted by Crippen LogP contribution is -2.27. The zero-order valence-electron chi connectivity index (χ0n) is 7.76. The molecule has 1 aromatic rings. The molecule has 1 aromatic carbocycles. The average Bonchev–Trinajstić information content (AvgIpc) is 2.16. The molecule has 3 N–H and O–H groups in total. The Labute approximate surface area is 84.1 Å². The molecule has 0 fully saturated rings. The third-order valence-electron chi connectivity index (χ3n) is 1.94. The van der Waals surface area contributed by atoms with Crippen LogP contribution in [0.2, 0.25) is 5.02 Å². The van der Waals surface area contributed by atoms with Crippen LogP contribution < -0.4 is 11.1 Å². The highest BCUT2D eigenvalue weighted by molar-refractivity contribution is 6.30. The molecule has 0 aliphatic rings. The van der Waals surface area contributed by atoms with Gasteiger partial charge in [-0.3, -0.25) is 0 Å². The Balaban J connectivity index is 2.41. The maximum atomic E-state index is 5.76. The van der Waals surface area contributed by atoms with E-state index in [1.54, 1.807) is 0 Å². The zero-order chi connectivity index (χ0) is 9.68. The van der Waals surface area contributed by atoms with Gasteiger partial charge in [-0.25, -0.2) is 0 Å². The van der Waals surface area contributed by atoms with Crippen LogP contribution in [0.25, 0.3) is 0 Å². The number of hydrogen-bond donors (Lipinski definition) is 2. The summed E-state index contributed by atoms with van der Waals surface area (Å²) in [5, 5.41) is 3.99. The third-order valence-corrected chi connectivity index (χ3v) is 2.19. The molecule has 0 spiro atoms. The van der Waals surface area contributed by atoms with Gasteiger partial charge >= 0.3 is 0 Å². The molecule has 13 heavy (non-hydrogen) atoms. The fourth-order valence-electron chi connectivity index (χ4n) is 0.961. The minimum Gasteiger partial charge on any atom is -0.383 e. The monoisotopic (exact) mass is 198 g/mol. The van der Waals surface area contributed by atoms with Crippen molar-refractivity contribution in [2.75, 3.05) is 11.9 Å². The topological polar surface area (TPSA) is 38.0 Å². The van der Waals surface area contributed by atoms with Gasteiger partial charge in [-0.15, -0.1) is 0 Å². The van der Waals surface area contributed by atoms with Crippen molar-refractivity contribution >= 4 is 17.3 Å². The first-order chi connectivity index (χ1) is 6.22. The molecule has 72 valence electrons. The molecule has 0 bridgehead atoms. The second-order valence-electron chi connectivity index (χ2n) is 3.06. The smallest absolute Gasteiger partial charge is 0.0407 e. The summed E-state index contributed by atoms with van der Waals surface area (Å²) in [5.74, 6) is 0. The van der Waals surface area contributed by atoms with Crippen molar-refractivity contribution in [3.8, 4) is 0 Å². The molecule has 0 aliphatic carbocycles. The Bertz CT molecular complexity index is 246. The molecule has 0 radical (unpaired) electrons. The van der Waals surface area contributed by atoms with Crippen molar-refractivity contribution < 1.29 is 0 Å². The largest absolute Gasteiger partial charge is 0.383 e. The minimum atomic E-state index is 0.218. The van der Waals surface area contributed by atoms with Crippen LogP contribution >= 0.6 is 11.6 Å². The molecule has 0 amide bonds. The van der Waals surface area contributed by atoms with Crippen molar-refractivity contribution in [3.63, 3.8) is 0 Å². The molecular formula is C10H15ClN2. The van der Waals surface area contributed by atoms with E-state index in [4.69, 9.17) is 17.3 Å². The van der Waals surface area contributed by atoms with E-state index in [9.17, 15) is 0 Å². The molecule has 1 unspecified atom stereocenters. The number of halogens is 1. The standard InChI is InChI=1S/C10H15ClN2/c1-2-9(12)7-13-10-5-3-8(11)4-6-10/h3-6,9,13H,2,7,12H2,1H3. The first-order valence-corrected chi connectivity index (χ1v) is 4.85. The average molecular weight is 199 g/mol. The molecule has 3 heteroatoms. The van der Waals surface area contributed by atoms with Gasteiger partial charge in [0.15, 0.2) is 0 Å².